The molecular formula is C20H20ClNO5. The topological polar surface area (TPSA) is 77.0 Å². The second kappa shape index (κ2) is 8.79. The Kier molecular flexibility index (Phi) is 6.21. The molecule has 0 bridgehead atoms. The van der Waals surface area contributed by atoms with E-state index >= 15 is 0 Å². The van der Waals surface area contributed by atoms with Gasteiger partial charge in [-0.2, -0.15) is 0 Å². The van der Waals surface area contributed by atoms with Crippen LogP contribution < -0.4 is 19.5 Å². The van der Waals surface area contributed by atoms with Crippen LogP contribution in [0.3, 0.4) is 0 Å². The number of hydrogen-bond acceptors (Lipinski definition) is 5. The fourth-order valence-corrected chi connectivity index (χ4v) is 2.71. The van der Waals surface area contributed by atoms with Crippen LogP contribution in [0, 0.1) is 0 Å². The Hall–Kier alpha value is -2.70. The zero-order valence-electron chi connectivity index (χ0n) is 14.8. The summed E-state index contributed by atoms with van der Waals surface area (Å²) in [6, 6.07) is 12.3. The maximum absolute atomic E-state index is 12.3. The summed E-state index contributed by atoms with van der Waals surface area (Å²) < 4.78 is 16.1. The van der Waals surface area contributed by atoms with Crippen LogP contribution >= 0.6 is 11.6 Å². The van der Waals surface area contributed by atoms with E-state index in [1.807, 2.05) is 0 Å². The molecule has 0 radical (unpaired) electrons. The van der Waals surface area contributed by atoms with Crippen LogP contribution in [-0.4, -0.2) is 44.0 Å². The number of benzene rings is 2. The summed E-state index contributed by atoms with van der Waals surface area (Å²) in [5.74, 6) is 1.71. The number of rotatable bonds is 7. The highest BCUT2D eigenvalue weighted by Crippen LogP contribution is 2.28. The summed E-state index contributed by atoms with van der Waals surface area (Å²) in [7, 11) is 1.59. The molecule has 142 valence electrons. The lowest BCUT2D eigenvalue weighted by atomic mass is 10.1. The molecule has 0 spiro atoms. The normalized spacial score (nSPS) is 13.7. The number of amides is 1. The van der Waals surface area contributed by atoms with Crippen LogP contribution in [0.5, 0.6) is 17.2 Å². The number of aliphatic hydroxyl groups is 1. The van der Waals surface area contributed by atoms with Crippen LogP contribution in [-0.2, 0) is 4.79 Å². The minimum Gasteiger partial charge on any atom is -0.497 e. The van der Waals surface area contributed by atoms with Crippen molar-refractivity contribution in [1.82, 2.24) is 5.32 Å². The van der Waals surface area contributed by atoms with Gasteiger partial charge in [0, 0.05) is 17.1 Å². The highest BCUT2D eigenvalue weighted by molar-refractivity contribution is 6.30. The lowest BCUT2D eigenvalue weighted by Crippen LogP contribution is -2.37. The molecule has 2 N–H and O–H groups in total. The van der Waals surface area contributed by atoms with Crippen molar-refractivity contribution in [3.05, 3.63) is 58.6 Å². The SMILES string of the molecule is COc1ccc(OCC(O)CNC(=O)C2=Cc3cc(Cl)ccc3OC2)cc1. The molecular weight excluding hydrogens is 370 g/mol. The number of ether oxygens (including phenoxy) is 3. The fourth-order valence-electron chi connectivity index (χ4n) is 2.53. The Balaban J connectivity index is 1.48. The molecule has 1 aliphatic rings. The molecule has 0 aliphatic carbocycles. The number of nitrogens with one attached hydrogen (secondary N) is 1. The Morgan fingerprint density at radius 3 is 2.74 bits per heavy atom. The van der Waals surface area contributed by atoms with Gasteiger partial charge in [-0.05, 0) is 48.5 Å². The van der Waals surface area contributed by atoms with Gasteiger partial charge in [0.1, 0.15) is 36.6 Å². The Morgan fingerprint density at radius 1 is 1.26 bits per heavy atom. The molecule has 1 atom stereocenters. The van der Waals surface area contributed by atoms with Crippen molar-refractivity contribution in [3.63, 3.8) is 0 Å². The van der Waals surface area contributed by atoms with Gasteiger partial charge in [0.05, 0.1) is 12.7 Å². The van der Waals surface area contributed by atoms with Crippen molar-refractivity contribution in [2.75, 3.05) is 26.9 Å². The average molecular weight is 390 g/mol. The van der Waals surface area contributed by atoms with Gasteiger partial charge in [-0.15, -0.1) is 0 Å². The second-order valence-corrected chi connectivity index (χ2v) is 6.43. The second-order valence-electron chi connectivity index (χ2n) is 5.99. The zero-order chi connectivity index (χ0) is 19.2. The summed E-state index contributed by atoms with van der Waals surface area (Å²) in [6.45, 7) is 0.286. The molecule has 0 aromatic heterocycles. The summed E-state index contributed by atoms with van der Waals surface area (Å²) in [4.78, 5) is 12.3. The smallest absolute Gasteiger partial charge is 0.250 e. The van der Waals surface area contributed by atoms with Crippen molar-refractivity contribution in [2.45, 2.75) is 6.10 Å². The fraction of sp³-hybridized carbons (Fsp3) is 0.250. The van der Waals surface area contributed by atoms with E-state index in [9.17, 15) is 9.90 Å². The van der Waals surface area contributed by atoms with Gasteiger partial charge in [0.2, 0.25) is 0 Å². The molecule has 7 heteroatoms. The van der Waals surface area contributed by atoms with Gasteiger partial charge in [-0.25, -0.2) is 0 Å². The van der Waals surface area contributed by atoms with Gasteiger partial charge in [-0.1, -0.05) is 11.6 Å². The van der Waals surface area contributed by atoms with Crippen molar-refractivity contribution in [3.8, 4) is 17.2 Å². The molecule has 1 heterocycles. The number of carbonyl (C=O) groups is 1. The Labute approximate surface area is 162 Å². The number of hydrogen-bond donors (Lipinski definition) is 2. The molecule has 27 heavy (non-hydrogen) atoms. The molecule has 0 saturated carbocycles. The molecule has 3 rings (SSSR count). The molecule has 2 aromatic carbocycles. The number of halogens is 1. The maximum atomic E-state index is 12.3. The lowest BCUT2D eigenvalue weighted by molar-refractivity contribution is -0.118. The van der Waals surface area contributed by atoms with E-state index in [2.05, 4.69) is 5.32 Å². The number of aliphatic hydroxyl groups excluding tert-OH is 1. The molecule has 6 nitrogen and oxygen atoms in total. The molecule has 1 amide bonds. The van der Waals surface area contributed by atoms with E-state index in [0.29, 0.717) is 22.1 Å². The summed E-state index contributed by atoms with van der Waals surface area (Å²) >= 11 is 5.97. The minimum absolute atomic E-state index is 0.0561. The van der Waals surface area contributed by atoms with Gasteiger partial charge in [-0.3, -0.25) is 4.79 Å². The highest BCUT2D eigenvalue weighted by atomic mass is 35.5. The van der Waals surface area contributed by atoms with E-state index in [1.54, 1.807) is 55.7 Å². The van der Waals surface area contributed by atoms with Crippen LogP contribution in [0.25, 0.3) is 6.08 Å². The standard InChI is InChI=1S/C20H20ClNO5/c1-25-17-3-5-18(6-4-17)26-12-16(23)10-22-20(24)14-8-13-9-15(21)2-7-19(13)27-11-14/h2-9,16,23H,10-12H2,1H3,(H,22,24). The highest BCUT2D eigenvalue weighted by Gasteiger charge is 2.18. The maximum Gasteiger partial charge on any atom is 0.250 e. The summed E-state index contributed by atoms with van der Waals surface area (Å²) in [6.07, 6.45) is 0.892. The largest absolute Gasteiger partial charge is 0.497 e. The van der Waals surface area contributed by atoms with Crippen molar-refractivity contribution < 1.29 is 24.1 Å². The quantitative estimate of drug-likeness (QED) is 0.761. The first kappa shape index (κ1) is 19.1. The monoisotopic (exact) mass is 389 g/mol. The van der Waals surface area contributed by atoms with Gasteiger partial charge in [0.15, 0.2) is 0 Å². The molecule has 0 fully saturated rings. The first-order valence-electron chi connectivity index (χ1n) is 8.41. The first-order chi connectivity index (χ1) is 13.0. The third-order valence-corrected chi connectivity index (χ3v) is 4.21. The van der Waals surface area contributed by atoms with Crippen LogP contribution in [0.4, 0.5) is 0 Å². The van der Waals surface area contributed by atoms with Crippen LogP contribution in [0.15, 0.2) is 48.0 Å². The van der Waals surface area contributed by atoms with Crippen molar-refractivity contribution in [1.29, 1.82) is 0 Å². The van der Waals surface area contributed by atoms with E-state index < -0.39 is 6.10 Å². The predicted molar refractivity (Wildman–Crippen MR) is 102 cm³/mol. The Morgan fingerprint density at radius 2 is 2.00 bits per heavy atom. The van der Waals surface area contributed by atoms with Gasteiger partial charge >= 0.3 is 0 Å². The minimum atomic E-state index is -0.845. The third kappa shape index (κ3) is 5.15. The number of fused-ring (bicyclic) bond motifs is 1. The van der Waals surface area contributed by atoms with Gasteiger partial charge < -0.3 is 24.6 Å². The van der Waals surface area contributed by atoms with E-state index in [4.69, 9.17) is 25.8 Å². The predicted octanol–water partition coefficient (Wildman–Crippen LogP) is 2.68. The van der Waals surface area contributed by atoms with Crippen LogP contribution in [0.2, 0.25) is 5.02 Å². The zero-order valence-corrected chi connectivity index (χ0v) is 15.5. The molecule has 1 unspecified atom stereocenters. The van der Waals surface area contributed by atoms with Crippen LogP contribution in [0.1, 0.15) is 5.56 Å². The average Bonchev–Trinajstić information content (AvgIpc) is 2.70. The first-order valence-corrected chi connectivity index (χ1v) is 8.79. The lowest BCUT2D eigenvalue weighted by Gasteiger charge is -2.19. The third-order valence-electron chi connectivity index (χ3n) is 3.98. The van der Waals surface area contributed by atoms with E-state index in [1.165, 1.54) is 0 Å². The molecule has 0 saturated heterocycles. The van der Waals surface area contributed by atoms with Crippen molar-refractivity contribution in [2.24, 2.45) is 0 Å². The van der Waals surface area contributed by atoms with Gasteiger partial charge in [0.25, 0.3) is 5.91 Å². The molecule has 1 aliphatic heterocycles. The van der Waals surface area contributed by atoms with E-state index in [0.717, 1.165) is 11.3 Å². The number of carbonyl (C=O) groups excluding carboxylic acids is 1. The van der Waals surface area contributed by atoms with Crippen molar-refractivity contribution >= 4 is 23.6 Å². The van der Waals surface area contributed by atoms with E-state index in [-0.39, 0.29) is 25.7 Å². The summed E-state index contributed by atoms with van der Waals surface area (Å²) in [5.41, 5.74) is 1.22. The summed E-state index contributed by atoms with van der Waals surface area (Å²) in [5, 5.41) is 13.3. The molecule has 2 aromatic rings. The number of methoxy groups -OCH3 is 1. The Bertz CT molecular complexity index is 835.